The number of aryl methyl sites for hydroxylation is 1. The summed E-state index contributed by atoms with van der Waals surface area (Å²) in [6.07, 6.45) is 1.03. The number of aromatic nitrogens is 2. The smallest absolute Gasteiger partial charge is 0.225 e. The first-order valence-electron chi connectivity index (χ1n) is 5.67. The van der Waals surface area contributed by atoms with Gasteiger partial charge in [0.25, 0.3) is 0 Å². The van der Waals surface area contributed by atoms with Gasteiger partial charge < -0.3 is 5.32 Å². The molecule has 19 heavy (non-hydrogen) atoms. The molecule has 0 atom stereocenters. The maximum atomic E-state index is 11.8. The molecule has 1 aromatic heterocycles. The Bertz CT molecular complexity index is 555. The van der Waals surface area contributed by atoms with Gasteiger partial charge in [0.15, 0.2) is 0 Å². The predicted molar refractivity (Wildman–Crippen MR) is 75.4 cm³/mol. The Morgan fingerprint density at radius 2 is 1.89 bits per heavy atom. The Morgan fingerprint density at radius 3 is 2.58 bits per heavy atom. The van der Waals surface area contributed by atoms with Crippen LogP contribution in [0.4, 0.5) is 5.82 Å². The van der Waals surface area contributed by atoms with Gasteiger partial charge in [-0.25, -0.2) is 9.97 Å². The molecule has 0 saturated carbocycles. The Hall–Kier alpha value is -1.65. The van der Waals surface area contributed by atoms with E-state index in [-0.39, 0.29) is 16.3 Å². The van der Waals surface area contributed by atoms with Gasteiger partial charge in [-0.1, -0.05) is 41.9 Å². The number of carbonyl (C=O) groups is 1. The number of hydrogen-bond donors (Lipinski definition) is 1. The summed E-state index contributed by atoms with van der Waals surface area (Å²) in [6.45, 7) is 0. The first kappa shape index (κ1) is 13.8. The molecule has 98 valence electrons. The van der Waals surface area contributed by atoms with Gasteiger partial charge in [-0.3, -0.25) is 4.79 Å². The summed E-state index contributed by atoms with van der Waals surface area (Å²) in [7, 11) is 0. The Balaban J connectivity index is 1.91. The number of hydrogen-bond acceptors (Lipinski definition) is 3. The molecule has 4 nitrogen and oxygen atoms in total. The predicted octanol–water partition coefficient (Wildman–Crippen LogP) is 3.35. The van der Waals surface area contributed by atoms with E-state index >= 15 is 0 Å². The van der Waals surface area contributed by atoms with Gasteiger partial charge in [0.2, 0.25) is 11.2 Å². The molecule has 0 aliphatic rings. The van der Waals surface area contributed by atoms with Crippen molar-refractivity contribution in [1.82, 2.24) is 9.97 Å². The molecule has 2 rings (SSSR count). The highest BCUT2D eigenvalue weighted by atomic mass is 35.5. The molecule has 0 fully saturated rings. The third-order valence-electron chi connectivity index (χ3n) is 2.42. The van der Waals surface area contributed by atoms with Crippen molar-refractivity contribution < 1.29 is 4.79 Å². The molecule has 1 amide bonds. The summed E-state index contributed by atoms with van der Waals surface area (Å²) in [4.78, 5) is 19.3. The molecule has 6 heteroatoms. The van der Waals surface area contributed by atoms with Crippen molar-refractivity contribution in [1.29, 1.82) is 0 Å². The second-order valence-corrected chi connectivity index (χ2v) is 4.60. The molecule has 1 N–H and O–H groups in total. The minimum atomic E-state index is -0.144. The van der Waals surface area contributed by atoms with E-state index in [2.05, 4.69) is 15.3 Å². The monoisotopic (exact) mass is 295 g/mol. The van der Waals surface area contributed by atoms with E-state index in [1.54, 1.807) is 0 Å². The van der Waals surface area contributed by atoms with Gasteiger partial charge in [0, 0.05) is 12.5 Å². The van der Waals surface area contributed by atoms with E-state index in [0.717, 1.165) is 5.56 Å². The number of rotatable bonds is 4. The van der Waals surface area contributed by atoms with Crippen molar-refractivity contribution in [2.24, 2.45) is 0 Å². The highest BCUT2D eigenvalue weighted by Crippen LogP contribution is 2.14. The molecule has 0 unspecified atom stereocenters. The summed E-state index contributed by atoms with van der Waals surface area (Å²) >= 11 is 11.4. The lowest BCUT2D eigenvalue weighted by Gasteiger charge is -2.05. The molecule has 0 radical (unpaired) electrons. The molecule has 1 aromatic carbocycles. The number of carbonyl (C=O) groups excluding carboxylic acids is 1. The van der Waals surface area contributed by atoms with Crippen molar-refractivity contribution in [2.75, 3.05) is 5.32 Å². The quantitative estimate of drug-likeness (QED) is 0.695. The van der Waals surface area contributed by atoms with E-state index in [0.29, 0.717) is 18.7 Å². The van der Waals surface area contributed by atoms with Crippen molar-refractivity contribution in [2.45, 2.75) is 12.8 Å². The standard InChI is InChI=1S/C13H11Cl2N3O/c14-10-8-11(18-13(15)16-10)17-12(19)7-6-9-4-2-1-3-5-9/h1-5,8H,6-7H2,(H,16,17,18,19). The average Bonchev–Trinajstić information content (AvgIpc) is 2.36. The van der Waals surface area contributed by atoms with E-state index in [1.807, 2.05) is 30.3 Å². The molecule has 1 heterocycles. The van der Waals surface area contributed by atoms with Gasteiger partial charge in [0.05, 0.1) is 0 Å². The fourth-order valence-electron chi connectivity index (χ4n) is 1.56. The molecular weight excluding hydrogens is 285 g/mol. The zero-order valence-corrected chi connectivity index (χ0v) is 11.4. The second-order valence-electron chi connectivity index (χ2n) is 3.88. The summed E-state index contributed by atoms with van der Waals surface area (Å²) < 4.78 is 0. The lowest BCUT2D eigenvalue weighted by molar-refractivity contribution is -0.116. The third-order valence-corrected chi connectivity index (χ3v) is 2.78. The summed E-state index contributed by atoms with van der Waals surface area (Å²) in [6, 6.07) is 11.2. The SMILES string of the molecule is O=C(CCc1ccccc1)Nc1cc(Cl)nc(Cl)n1. The number of nitrogens with one attached hydrogen (secondary N) is 1. The van der Waals surface area contributed by atoms with Gasteiger partial charge >= 0.3 is 0 Å². The highest BCUT2D eigenvalue weighted by molar-refractivity contribution is 6.32. The molecular formula is C13H11Cl2N3O. The van der Waals surface area contributed by atoms with E-state index < -0.39 is 0 Å². The van der Waals surface area contributed by atoms with Crippen LogP contribution in [0.5, 0.6) is 0 Å². The Kier molecular flexibility index (Phi) is 4.71. The van der Waals surface area contributed by atoms with Crippen LogP contribution < -0.4 is 5.32 Å². The lowest BCUT2D eigenvalue weighted by Crippen LogP contribution is -2.13. The Morgan fingerprint density at radius 1 is 1.16 bits per heavy atom. The number of nitrogens with zero attached hydrogens (tertiary/aromatic N) is 2. The molecule has 0 bridgehead atoms. The number of halogens is 2. The van der Waals surface area contributed by atoms with Gasteiger partial charge in [0.1, 0.15) is 11.0 Å². The Labute approximate surface area is 120 Å². The van der Waals surface area contributed by atoms with Crippen LogP contribution in [0.2, 0.25) is 10.4 Å². The third kappa shape index (κ3) is 4.50. The van der Waals surface area contributed by atoms with Crippen LogP contribution in [-0.4, -0.2) is 15.9 Å². The van der Waals surface area contributed by atoms with Gasteiger partial charge in [-0.15, -0.1) is 0 Å². The van der Waals surface area contributed by atoms with E-state index in [4.69, 9.17) is 23.2 Å². The first-order chi connectivity index (χ1) is 9.13. The number of benzene rings is 1. The largest absolute Gasteiger partial charge is 0.311 e. The first-order valence-corrected chi connectivity index (χ1v) is 6.43. The molecule has 0 saturated heterocycles. The summed E-state index contributed by atoms with van der Waals surface area (Å²) in [5, 5.41) is 2.83. The van der Waals surface area contributed by atoms with Crippen molar-refractivity contribution >= 4 is 34.9 Å². The average molecular weight is 296 g/mol. The summed E-state index contributed by atoms with van der Waals surface area (Å²) in [5.41, 5.74) is 1.11. The number of amides is 1. The zero-order chi connectivity index (χ0) is 13.7. The molecule has 0 aliphatic heterocycles. The fraction of sp³-hybridized carbons (Fsp3) is 0.154. The van der Waals surface area contributed by atoms with Crippen LogP contribution in [0, 0.1) is 0 Å². The molecule has 0 spiro atoms. The van der Waals surface area contributed by atoms with Crippen LogP contribution in [0.3, 0.4) is 0 Å². The van der Waals surface area contributed by atoms with Crippen molar-refractivity contribution in [3.8, 4) is 0 Å². The van der Waals surface area contributed by atoms with E-state index in [9.17, 15) is 4.79 Å². The van der Waals surface area contributed by atoms with Crippen LogP contribution in [0.25, 0.3) is 0 Å². The minimum Gasteiger partial charge on any atom is -0.311 e. The topological polar surface area (TPSA) is 54.9 Å². The van der Waals surface area contributed by atoms with Crippen LogP contribution in [0.15, 0.2) is 36.4 Å². The van der Waals surface area contributed by atoms with Crippen LogP contribution in [0.1, 0.15) is 12.0 Å². The second kappa shape index (κ2) is 6.50. The normalized spacial score (nSPS) is 10.2. The molecule has 2 aromatic rings. The molecule has 0 aliphatic carbocycles. The maximum absolute atomic E-state index is 11.8. The summed E-state index contributed by atoms with van der Waals surface area (Å²) in [5.74, 6) is 0.165. The van der Waals surface area contributed by atoms with Crippen molar-refractivity contribution in [3.63, 3.8) is 0 Å². The van der Waals surface area contributed by atoms with Crippen LogP contribution in [-0.2, 0) is 11.2 Å². The zero-order valence-electron chi connectivity index (χ0n) is 9.94. The minimum absolute atomic E-state index is 0.00543. The lowest BCUT2D eigenvalue weighted by atomic mass is 10.1. The van der Waals surface area contributed by atoms with Gasteiger partial charge in [-0.2, -0.15) is 0 Å². The number of anilines is 1. The van der Waals surface area contributed by atoms with Crippen molar-refractivity contribution in [3.05, 3.63) is 52.4 Å². The van der Waals surface area contributed by atoms with Crippen LogP contribution >= 0.6 is 23.2 Å². The fourth-order valence-corrected chi connectivity index (χ4v) is 1.97. The van der Waals surface area contributed by atoms with Gasteiger partial charge in [-0.05, 0) is 23.6 Å². The van der Waals surface area contributed by atoms with E-state index in [1.165, 1.54) is 6.07 Å². The highest BCUT2D eigenvalue weighted by Gasteiger charge is 2.06. The maximum Gasteiger partial charge on any atom is 0.225 e.